The van der Waals surface area contributed by atoms with Crippen LogP contribution < -0.4 is 21.3 Å². The van der Waals surface area contributed by atoms with E-state index < -0.39 is 0 Å². The Bertz CT molecular complexity index is 815. The smallest absolute Gasteiger partial charge is 0.134 e. The van der Waals surface area contributed by atoms with Gasteiger partial charge in [0.1, 0.15) is 5.76 Å². The van der Waals surface area contributed by atoms with Crippen molar-refractivity contribution in [2.75, 3.05) is 26.2 Å². The zero-order valence-electron chi connectivity index (χ0n) is 15.2. The van der Waals surface area contributed by atoms with Crippen molar-refractivity contribution < 1.29 is 4.42 Å². The molecule has 2 fully saturated rings. The zero-order chi connectivity index (χ0) is 18.1. The Morgan fingerprint density at radius 3 is 1.59 bits per heavy atom. The van der Waals surface area contributed by atoms with Crippen molar-refractivity contribution in [1.29, 1.82) is 0 Å². The van der Waals surface area contributed by atoms with E-state index in [9.17, 15) is 0 Å². The van der Waals surface area contributed by atoms with Gasteiger partial charge in [0, 0.05) is 37.3 Å². The molecule has 0 unspecified atom stereocenters. The molecule has 2 aliphatic rings. The SMILES string of the molecule is c1cc(C2NCCN2)ccc1-c1coc(-c2ccc(C3NCCN3)cc2)c1. The number of hydrogen-bond donors (Lipinski definition) is 4. The van der Waals surface area contributed by atoms with E-state index in [1.165, 1.54) is 16.7 Å². The highest BCUT2D eigenvalue weighted by Crippen LogP contribution is 2.30. The predicted octanol–water partition coefficient (Wildman–Crippen LogP) is 3.00. The summed E-state index contributed by atoms with van der Waals surface area (Å²) >= 11 is 0. The average molecular weight is 360 g/mol. The molecule has 0 radical (unpaired) electrons. The number of benzene rings is 2. The Hall–Kier alpha value is -2.44. The van der Waals surface area contributed by atoms with Crippen LogP contribution in [0.4, 0.5) is 0 Å². The Balaban J connectivity index is 1.33. The summed E-state index contributed by atoms with van der Waals surface area (Å²) in [7, 11) is 0. The molecule has 0 saturated carbocycles. The molecule has 27 heavy (non-hydrogen) atoms. The van der Waals surface area contributed by atoms with Crippen molar-refractivity contribution >= 4 is 0 Å². The van der Waals surface area contributed by atoms with Crippen LogP contribution in [-0.2, 0) is 0 Å². The van der Waals surface area contributed by atoms with Crippen molar-refractivity contribution in [2.45, 2.75) is 12.3 Å². The highest BCUT2D eigenvalue weighted by atomic mass is 16.3. The molecule has 3 aromatic rings. The highest BCUT2D eigenvalue weighted by Gasteiger charge is 2.16. The molecular formula is C22H24N4O. The van der Waals surface area contributed by atoms with Gasteiger partial charge in [-0.05, 0) is 22.8 Å². The second kappa shape index (κ2) is 7.29. The zero-order valence-corrected chi connectivity index (χ0v) is 15.2. The lowest BCUT2D eigenvalue weighted by atomic mass is 10.0. The summed E-state index contributed by atoms with van der Waals surface area (Å²) in [5.74, 6) is 0.895. The van der Waals surface area contributed by atoms with Gasteiger partial charge in [-0.1, -0.05) is 48.5 Å². The van der Waals surface area contributed by atoms with Gasteiger partial charge in [0.25, 0.3) is 0 Å². The number of nitrogens with one attached hydrogen (secondary N) is 4. The van der Waals surface area contributed by atoms with Crippen LogP contribution in [0.2, 0.25) is 0 Å². The van der Waals surface area contributed by atoms with Crippen LogP contribution >= 0.6 is 0 Å². The Morgan fingerprint density at radius 1 is 0.593 bits per heavy atom. The van der Waals surface area contributed by atoms with Crippen LogP contribution in [0.25, 0.3) is 22.5 Å². The van der Waals surface area contributed by atoms with E-state index in [0.717, 1.165) is 43.1 Å². The standard InChI is InChI=1S/C22H24N4O/c1-5-17(21-23-9-10-24-21)6-2-15(1)19-13-20(27-14-19)16-3-7-18(8-4-16)22-25-11-12-26-22/h1-8,13-14,21-26H,9-12H2. The van der Waals surface area contributed by atoms with Crippen LogP contribution in [0.5, 0.6) is 0 Å². The monoisotopic (exact) mass is 360 g/mol. The second-order valence-electron chi connectivity index (χ2n) is 7.13. The first-order valence-corrected chi connectivity index (χ1v) is 9.59. The van der Waals surface area contributed by atoms with Gasteiger partial charge in [0.2, 0.25) is 0 Å². The molecule has 1 aromatic heterocycles. The maximum Gasteiger partial charge on any atom is 0.134 e. The summed E-state index contributed by atoms with van der Waals surface area (Å²) in [6.07, 6.45) is 2.36. The van der Waals surface area contributed by atoms with Gasteiger partial charge in [0.05, 0.1) is 18.6 Å². The molecule has 5 rings (SSSR count). The maximum atomic E-state index is 5.84. The first-order valence-electron chi connectivity index (χ1n) is 9.59. The number of hydrogen-bond acceptors (Lipinski definition) is 5. The van der Waals surface area contributed by atoms with Gasteiger partial charge >= 0.3 is 0 Å². The molecule has 2 aliphatic heterocycles. The van der Waals surface area contributed by atoms with Gasteiger partial charge < -0.3 is 4.42 Å². The predicted molar refractivity (Wildman–Crippen MR) is 107 cm³/mol. The lowest BCUT2D eigenvalue weighted by Gasteiger charge is -2.11. The molecule has 0 atom stereocenters. The summed E-state index contributed by atoms with van der Waals surface area (Å²) in [5.41, 5.74) is 5.89. The Labute approximate surface area is 159 Å². The van der Waals surface area contributed by atoms with Gasteiger partial charge in [-0.3, -0.25) is 21.3 Å². The largest absolute Gasteiger partial charge is 0.464 e. The third-order valence-corrected chi connectivity index (χ3v) is 5.35. The molecule has 138 valence electrons. The molecule has 0 amide bonds. The van der Waals surface area contributed by atoms with Crippen LogP contribution in [-0.4, -0.2) is 26.2 Å². The van der Waals surface area contributed by atoms with E-state index in [2.05, 4.69) is 75.9 Å². The lowest BCUT2D eigenvalue weighted by molar-refractivity contribution is 0.581. The highest BCUT2D eigenvalue weighted by molar-refractivity contribution is 5.70. The van der Waals surface area contributed by atoms with Crippen LogP contribution in [0.3, 0.4) is 0 Å². The average Bonchev–Trinajstić information content (AvgIpc) is 3.51. The first-order chi connectivity index (χ1) is 13.4. The summed E-state index contributed by atoms with van der Waals surface area (Å²) in [5, 5.41) is 13.8. The Kier molecular flexibility index (Phi) is 4.51. The molecule has 0 aliphatic carbocycles. The van der Waals surface area contributed by atoms with Gasteiger partial charge in [-0.25, -0.2) is 0 Å². The molecule has 0 spiro atoms. The summed E-state index contributed by atoms with van der Waals surface area (Å²) in [4.78, 5) is 0. The Morgan fingerprint density at radius 2 is 1.07 bits per heavy atom. The number of furan rings is 1. The van der Waals surface area contributed by atoms with Crippen LogP contribution in [0.15, 0.2) is 65.3 Å². The third-order valence-electron chi connectivity index (χ3n) is 5.35. The third kappa shape index (κ3) is 3.42. The molecule has 5 nitrogen and oxygen atoms in total. The minimum atomic E-state index is 0.258. The molecular weight excluding hydrogens is 336 g/mol. The normalized spacial score (nSPS) is 18.4. The fraction of sp³-hybridized carbons (Fsp3) is 0.273. The second-order valence-corrected chi connectivity index (χ2v) is 7.13. The van der Waals surface area contributed by atoms with E-state index in [0.29, 0.717) is 0 Å². The molecule has 0 bridgehead atoms. The van der Waals surface area contributed by atoms with Crippen LogP contribution in [0, 0.1) is 0 Å². The van der Waals surface area contributed by atoms with Crippen molar-refractivity contribution in [3.05, 3.63) is 72.0 Å². The first kappa shape index (κ1) is 16.7. The summed E-state index contributed by atoms with van der Waals surface area (Å²) in [6, 6.07) is 19.3. The van der Waals surface area contributed by atoms with Crippen LogP contribution in [0.1, 0.15) is 23.5 Å². The van der Waals surface area contributed by atoms with Gasteiger partial charge in [-0.15, -0.1) is 0 Å². The molecule has 2 saturated heterocycles. The van der Waals surface area contributed by atoms with Gasteiger partial charge in [0.15, 0.2) is 0 Å². The molecule has 5 heteroatoms. The van der Waals surface area contributed by atoms with Crippen molar-refractivity contribution in [3.8, 4) is 22.5 Å². The maximum absolute atomic E-state index is 5.84. The summed E-state index contributed by atoms with van der Waals surface area (Å²) in [6.45, 7) is 4.06. The fourth-order valence-electron chi connectivity index (χ4n) is 3.83. The molecule has 3 heterocycles. The molecule has 2 aromatic carbocycles. The topological polar surface area (TPSA) is 61.3 Å². The lowest BCUT2D eigenvalue weighted by Crippen LogP contribution is -2.20. The van der Waals surface area contributed by atoms with E-state index in [1.54, 1.807) is 0 Å². The quantitative estimate of drug-likeness (QED) is 0.576. The number of rotatable bonds is 4. The van der Waals surface area contributed by atoms with Crippen molar-refractivity contribution in [2.24, 2.45) is 0 Å². The van der Waals surface area contributed by atoms with Gasteiger partial charge in [-0.2, -0.15) is 0 Å². The fourth-order valence-corrected chi connectivity index (χ4v) is 3.83. The minimum absolute atomic E-state index is 0.258. The summed E-state index contributed by atoms with van der Waals surface area (Å²) < 4.78 is 5.84. The van der Waals surface area contributed by atoms with Crippen molar-refractivity contribution in [1.82, 2.24) is 21.3 Å². The van der Waals surface area contributed by atoms with E-state index in [-0.39, 0.29) is 12.3 Å². The van der Waals surface area contributed by atoms with Crippen molar-refractivity contribution in [3.63, 3.8) is 0 Å². The molecule has 4 N–H and O–H groups in total. The van der Waals surface area contributed by atoms with E-state index in [1.807, 2.05) is 6.26 Å². The minimum Gasteiger partial charge on any atom is -0.464 e. The van der Waals surface area contributed by atoms with E-state index >= 15 is 0 Å². The van der Waals surface area contributed by atoms with E-state index in [4.69, 9.17) is 4.42 Å².